The lowest BCUT2D eigenvalue weighted by molar-refractivity contribution is 0.412. The zero-order valence-electron chi connectivity index (χ0n) is 14.6. The number of nitrogens with two attached hydrogens (primary N) is 1. The maximum atomic E-state index is 9.58. The van der Waals surface area contributed by atoms with Crippen LogP contribution in [0.25, 0.3) is 16.8 Å². The standard InChI is InChI=1S/C19H20N4O/c1-10-6-7-16(24-5)12(3)17(10)19-18(21)14(9-20)15-8-11(2)13(4)22-23(15)19/h6-8H,21H2,1-5H3. The van der Waals surface area contributed by atoms with Crippen molar-refractivity contribution in [1.29, 1.82) is 5.26 Å². The number of fused-ring (bicyclic) bond motifs is 1. The molecule has 3 rings (SSSR count). The van der Waals surface area contributed by atoms with Gasteiger partial charge in [0.25, 0.3) is 0 Å². The molecule has 5 heteroatoms. The first-order valence-electron chi connectivity index (χ1n) is 7.73. The zero-order valence-corrected chi connectivity index (χ0v) is 14.6. The van der Waals surface area contributed by atoms with E-state index < -0.39 is 0 Å². The third-order valence-corrected chi connectivity index (χ3v) is 4.59. The first-order chi connectivity index (χ1) is 11.4. The van der Waals surface area contributed by atoms with Gasteiger partial charge in [0.2, 0.25) is 0 Å². The van der Waals surface area contributed by atoms with E-state index in [1.54, 1.807) is 11.6 Å². The predicted molar refractivity (Wildman–Crippen MR) is 95.3 cm³/mol. The minimum atomic E-state index is 0.453. The van der Waals surface area contributed by atoms with E-state index in [0.717, 1.165) is 44.9 Å². The van der Waals surface area contributed by atoms with Crippen LogP contribution in [0.1, 0.15) is 27.9 Å². The van der Waals surface area contributed by atoms with Gasteiger partial charge in [0.1, 0.15) is 17.4 Å². The molecule has 0 saturated heterocycles. The molecule has 122 valence electrons. The van der Waals surface area contributed by atoms with Crippen molar-refractivity contribution in [3.05, 3.63) is 46.1 Å². The van der Waals surface area contributed by atoms with Crippen molar-refractivity contribution in [2.45, 2.75) is 27.7 Å². The molecule has 0 unspecified atom stereocenters. The second kappa shape index (κ2) is 5.57. The highest BCUT2D eigenvalue weighted by atomic mass is 16.5. The van der Waals surface area contributed by atoms with E-state index in [1.165, 1.54) is 0 Å². The van der Waals surface area contributed by atoms with Gasteiger partial charge < -0.3 is 10.5 Å². The molecule has 0 radical (unpaired) electrons. The van der Waals surface area contributed by atoms with Crippen LogP contribution < -0.4 is 10.5 Å². The minimum absolute atomic E-state index is 0.453. The molecule has 3 aromatic rings. The summed E-state index contributed by atoms with van der Waals surface area (Å²) in [6.07, 6.45) is 0. The van der Waals surface area contributed by atoms with E-state index in [9.17, 15) is 5.26 Å². The lowest BCUT2D eigenvalue weighted by atomic mass is 9.98. The lowest BCUT2D eigenvalue weighted by Gasteiger charge is -2.14. The Morgan fingerprint density at radius 3 is 2.50 bits per heavy atom. The third-order valence-electron chi connectivity index (χ3n) is 4.59. The van der Waals surface area contributed by atoms with Crippen molar-refractivity contribution in [2.24, 2.45) is 0 Å². The second-order valence-corrected chi connectivity index (χ2v) is 6.04. The summed E-state index contributed by atoms with van der Waals surface area (Å²) in [7, 11) is 1.65. The fraction of sp³-hybridized carbons (Fsp3) is 0.263. The molecule has 0 amide bonds. The monoisotopic (exact) mass is 320 g/mol. The number of hydrogen-bond acceptors (Lipinski definition) is 4. The van der Waals surface area contributed by atoms with Crippen molar-refractivity contribution in [3.63, 3.8) is 0 Å². The Morgan fingerprint density at radius 2 is 1.88 bits per heavy atom. The molecule has 24 heavy (non-hydrogen) atoms. The minimum Gasteiger partial charge on any atom is -0.496 e. The van der Waals surface area contributed by atoms with Crippen LogP contribution in [-0.2, 0) is 0 Å². The molecule has 0 aliphatic heterocycles. The Balaban J connectivity index is 2.51. The third kappa shape index (κ3) is 2.11. The molecule has 0 atom stereocenters. The fourth-order valence-electron chi connectivity index (χ4n) is 3.14. The molecule has 0 fully saturated rings. The largest absolute Gasteiger partial charge is 0.496 e. The van der Waals surface area contributed by atoms with E-state index in [0.29, 0.717) is 11.3 Å². The molecular formula is C19H20N4O. The first kappa shape index (κ1) is 15.9. The van der Waals surface area contributed by atoms with Crippen LogP contribution in [0.5, 0.6) is 5.75 Å². The number of hydrogen-bond donors (Lipinski definition) is 1. The van der Waals surface area contributed by atoms with Crippen molar-refractivity contribution in [1.82, 2.24) is 9.61 Å². The summed E-state index contributed by atoms with van der Waals surface area (Å²) < 4.78 is 7.24. The molecule has 0 bridgehead atoms. The van der Waals surface area contributed by atoms with Gasteiger partial charge in [0.15, 0.2) is 0 Å². The number of nitriles is 1. The summed E-state index contributed by atoms with van der Waals surface area (Å²) >= 11 is 0. The molecular weight excluding hydrogens is 300 g/mol. The highest BCUT2D eigenvalue weighted by Gasteiger charge is 2.23. The van der Waals surface area contributed by atoms with E-state index in [4.69, 9.17) is 10.5 Å². The van der Waals surface area contributed by atoms with E-state index in [1.807, 2.05) is 45.9 Å². The van der Waals surface area contributed by atoms with Gasteiger partial charge in [-0.2, -0.15) is 10.4 Å². The average Bonchev–Trinajstić information content (AvgIpc) is 2.80. The normalized spacial score (nSPS) is 10.8. The molecule has 0 aliphatic carbocycles. The zero-order chi connectivity index (χ0) is 17.6. The number of aryl methyl sites for hydroxylation is 3. The summed E-state index contributed by atoms with van der Waals surface area (Å²) in [5.41, 5.74) is 13.7. The van der Waals surface area contributed by atoms with Crippen LogP contribution in [0.2, 0.25) is 0 Å². The van der Waals surface area contributed by atoms with Gasteiger partial charge in [0, 0.05) is 11.1 Å². The van der Waals surface area contributed by atoms with Gasteiger partial charge in [-0.05, 0) is 51.0 Å². The molecule has 2 N–H and O–H groups in total. The van der Waals surface area contributed by atoms with Crippen molar-refractivity contribution >= 4 is 11.2 Å². The lowest BCUT2D eigenvalue weighted by Crippen LogP contribution is -2.02. The summed E-state index contributed by atoms with van der Waals surface area (Å²) in [6.45, 7) is 7.95. The van der Waals surface area contributed by atoms with Crippen LogP contribution in [0.15, 0.2) is 18.2 Å². The maximum Gasteiger partial charge on any atom is 0.122 e. The Morgan fingerprint density at radius 1 is 1.17 bits per heavy atom. The number of methoxy groups -OCH3 is 1. The van der Waals surface area contributed by atoms with Crippen LogP contribution in [0, 0.1) is 39.0 Å². The van der Waals surface area contributed by atoms with Crippen molar-refractivity contribution < 1.29 is 4.74 Å². The topological polar surface area (TPSA) is 76.3 Å². The molecule has 2 aromatic heterocycles. The number of rotatable bonds is 2. The van der Waals surface area contributed by atoms with Gasteiger partial charge in [0.05, 0.1) is 29.7 Å². The summed E-state index contributed by atoms with van der Waals surface area (Å²) in [5, 5.41) is 14.2. The van der Waals surface area contributed by atoms with Crippen LogP contribution in [0.3, 0.4) is 0 Å². The Bertz CT molecular complexity index is 1010. The highest BCUT2D eigenvalue weighted by Crippen LogP contribution is 2.39. The quantitative estimate of drug-likeness (QED) is 0.781. The average molecular weight is 320 g/mol. The van der Waals surface area contributed by atoms with E-state index in [-0.39, 0.29) is 0 Å². The molecule has 2 heterocycles. The Labute approximate surface area is 141 Å². The summed E-state index contributed by atoms with van der Waals surface area (Å²) in [6, 6.07) is 8.12. The second-order valence-electron chi connectivity index (χ2n) is 6.04. The highest BCUT2D eigenvalue weighted by molar-refractivity contribution is 5.90. The van der Waals surface area contributed by atoms with Crippen molar-refractivity contribution in [3.8, 4) is 23.1 Å². The summed E-state index contributed by atoms with van der Waals surface area (Å²) in [4.78, 5) is 0. The Hall–Kier alpha value is -3.00. The molecule has 0 spiro atoms. The molecule has 5 nitrogen and oxygen atoms in total. The SMILES string of the molecule is COc1ccc(C)c(-c2c(N)c(C#N)c3cc(C)c(C)nn23)c1C. The van der Waals surface area contributed by atoms with Gasteiger partial charge in [-0.3, -0.25) is 0 Å². The van der Waals surface area contributed by atoms with Gasteiger partial charge in [-0.15, -0.1) is 0 Å². The summed E-state index contributed by atoms with van der Waals surface area (Å²) in [5.74, 6) is 0.785. The predicted octanol–water partition coefficient (Wildman–Crippen LogP) is 3.70. The van der Waals surface area contributed by atoms with Crippen LogP contribution >= 0.6 is 0 Å². The Kier molecular flexibility index (Phi) is 3.69. The van der Waals surface area contributed by atoms with Gasteiger partial charge in [-0.25, -0.2) is 4.52 Å². The number of ether oxygens (including phenoxy) is 1. The van der Waals surface area contributed by atoms with Crippen LogP contribution in [-0.4, -0.2) is 16.7 Å². The molecule has 1 aromatic carbocycles. The van der Waals surface area contributed by atoms with Gasteiger partial charge >= 0.3 is 0 Å². The number of benzene rings is 1. The number of anilines is 1. The van der Waals surface area contributed by atoms with E-state index >= 15 is 0 Å². The number of nitrogen functional groups attached to an aromatic ring is 1. The van der Waals surface area contributed by atoms with Crippen LogP contribution in [0.4, 0.5) is 5.69 Å². The maximum absolute atomic E-state index is 9.58. The smallest absolute Gasteiger partial charge is 0.122 e. The first-order valence-corrected chi connectivity index (χ1v) is 7.73. The van der Waals surface area contributed by atoms with Gasteiger partial charge in [-0.1, -0.05) is 6.07 Å². The number of nitrogens with zero attached hydrogens (tertiary/aromatic N) is 3. The molecule has 0 aliphatic rings. The molecule has 0 saturated carbocycles. The van der Waals surface area contributed by atoms with Crippen molar-refractivity contribution in [2.75, 3.05) is 12.8 Å². The fourth-order valence-corrected chi connectivity index (χ4v) is 3.14. The van der Waals surface area contributed by atoms with E-state index in [2.05, 4.69) is 11.2 Å². The number of aromatic nitrogens is 2.